The highest BCUT2D eigenvalue weighted by molar-refractivity contribution is 7.39. The molecule has 160 valence electrons. The van der Waals surface area contributed by atoms with Crippen LogP contribution in [0.4, 0.5) is 0 Å². The second-order valence-electron chi connectivity index (χ2n) is 7.97. The summed E-state index contributed by atoms with van der Waals surface area (Å²) in [5.41, 5.74) is 4.18. The van der Waals surface area contributed by atoms with Crippen LogP contribution in [0.5, 0.6) is 0 Å². The van der Waals surface area contributed by atoms with E-state index < -0.39 is 8.16 Å². The molecule has 0 bridgehead atoms. The zero-order valence-corrected chi connectivity index (χ0v) is 19.2. The summed E-state index contributed by atoms with van der Waals surface area (Å²) in [6, 6.07) is 37.7. The van der Waals surface area contributed by atoms with Crippen LogP contribution >= 0.6 is 8.16 Å². The van der Waals surface area contributed by atoms with Crippen molar-refractivity contribution in [2.24, 2.45) is 0 Å². The first kappa shape index (κ1) is 20.6. The maximum Gasteiger partial charge on any atom is 0.310 e. The fourth-order valence-electron chi connectivity index (χ4n) is 4.21. The van der Waals surface area contributed by atoms with Gasteiger partial charge in [-0.3, -0.25) is 0 Å². The third-order valence-corrected chi connectivity index (χ3v) is 7.74. The highest BCUT2D eigenvalue weighted by Gasteiger charge is 2.28. The molecular formula is C28H26NO2P. The number of rotatable bonds is 5. The first-order valence-electron chi connectivity index (χ1n) is 10.9. The number of para-hydroxylation sites is 2. The van der Waals surface area contributed by atoms with Crippen LogP contribution in [0.3, 0.4) is 0 Å². The van der Waals surface area contributed by atoms with Gasteiger partial charge in [-0.1, -0.05) is 97.1 Å². The Balaban J connectivity index is 1.77. The van der Waals surface area contributed by atoms with Crippen LogP contribution in [0.25, 0.3) is 21.9 Å². The van der Waals surface area contributed by atoms with E-state index in [1.165, 1.54) is 11.1 Å². The van der Waals surface area contributed by atoms with Gasteiger partial charge in [0.05, 0.1) is 0 Å². The van der Waals surface area contributed by atoms with Gasteiger partial charge in [-0.25, -0.2) is 0 Å². The molecule has 2 atom stereocenters. The highest BCUT2D eigenvalue weighted by atomic mass is 31.1. The first-order valence-corrected chi connectivity index (χ1v) is 12.1. The normalized spacial score (nSPS) is 13.3. The Labute approximate surface area is 189 Å². The standard InChI is InChI=1S/C28H26NO2P/c1-21(23-13-5-3-6-14-23)29(22(2)24-15-7-4-8-16-24)32-30-27-19-11-9-17-25(27)26-18-10-12-20-28(26)31-32/h3-22H,1-2H3/t21-,22+. The maximum absolute atomic E-state index is 6.66. The number of fused-ring (bicyclic) bond motifs is 3. The third kappa shape index (κ3) is 3.98. The minimum absolute atomic E-state index is 0.0925. The van der Waals surface area contributed by atoms with E-state index in [2.05, 4.69) is 91.3 Å². The quantitative estimate of drug-likeness (QED) is 0.274. The van der Waals surface area contributed by atoms with Gasteiger partial charge in [0.15, 0.2) is 0 Å². The van der Waals surface area contributed by atoms with Gasteiger partial charge in [-0.2, -0.15) is 4.67 Å². The summed E-state index contributed by atoms with van der Waals surface area (Å²) in [6.45, 7) is 4.46. The highest BCUT2D eigenvalue weighted by Crippen LogP contribution is 2.45. The Morgan fingerprint density at radius 1 is 0.531 bits per heavy atom. The summed E-state index contributed by atoms with van der Waals surface area (Å²) in [4.78, 5) is 0. The molecule has 0 aliphatic heterocycles. The molecule has 0 aliphatic carbocycles. The smallest absolute Gasteiger partial charge is 0.310 e. The molecule has 0 radical (unpaired) electrons. The van der Waals surface area contributed by atoms with E-state index in [0.29, 0.717) is 0 Å². The van der Waals surface area contributed by atoms with Gasteiger partial charge in [-0.05, 0) is 37.1 Å². The average molecular weight is 439 g/mol. The zero-order valence-electron chi connectivity index (χ0n) is 18.3. The molecule has 1 heterocycles. The summed E-state index contributed by atoms with van der Waals surface area (Å²) in [5, 5.41) is 2.13. The molecule has 32 heavy (non-hydrogen) atoms. The molecule has 0 amide bonds. The van der Waals surface area contributed by atoms with Gasteiger partial charge in [0, 0.05) is 22.9 Å². The van der Waals surface area contributed by atoms with Gasteiger partial charge in [0.1, 0.15) is 11.2 Å². The van der Waals surface area contributed by atoms with Crippen LogP contribution in [0, 0.1) is 0 Å². The molecule has 0 N–H and O–H groups in total. The molecule has 0 aliphatic rings. The molecule has 5 aromatic rings. The van der Waals surface area contributed by atoms with Gasteiger partial charge in [-0.15, -0.1) is 0 Å². The third-order valence-electron chi connectivity index (χ3n) is 5.96. The van der Waals surface area contributed by atoms with Crippen molar-refractivity contribution in [2.75, 3.05) is 4.67 Å². The molecule has 1 aromatic heterocycles. The topological polar surface area (TPSA) is 29.5 Å². The lowest BCUT2D eigenvalue weighted by molar-refractivity contribution is 0.558. The van der Waals surface area contributed by atoms with Gasteiger partial charge >= 0.3 is 8.16 Å². The summed E-state index contributed by atoms with van der Waals surface area (Å²) in [6.07, 6.45) is 0. The van der Waals surface area contributed by atoms with Crippen molar-refractivity contribution in [3.8, 4) is 0 Å². The molecule has 0 unspecified atom stereocenters. The minimum Gasteiger partial charge on any atom is -0.408 e. The second-order valence-corrected chi connectivity index (χ2v) is 9.27. The van der Waals surface area contributed by atoms with Crippen LogP contribution < -0.4 is 4.67 Å². The van der Waals surface area contributed by atoms with Crippen molar-refractivity contribution in [1.82, 2.24) is 0 Å². The SMILES string of the molecule is C[C@H](c1ccccc1)N([C@@H](C)c1ccccc1)p1oc2ccccc2c2ccccc2o1. The Morgan fingerprint density at radius 3 is 1.34 bits per heavy atom. The lowest BCUT2D eigenvalue weighted by Crippen LogP contribution is -2.27. The van der Waals surface area contributed by atoms with Gasteiger partial charge in [0.25, 0.3) is 0 Å². The predicted octanol–water partition coefficient (Wildman–Crippen LogP) is 8.75. The molecule has 0 spiro atoms. The fourth-order valence-corrected chi connectivity index (χ4v) is 5.92. The van der Waals surface area contributed by atoms with Crippen molar-refractivity contribution in [3.63, 3.8) is 0 Å². The van der Waals surface area contributed by atoms with Crippen molar-refractivity contribution < 1.29 is 8.39 Å². The predicted molar refractivity (Wildman–Crippen MR) is 134 cm³/mol. The van der Waals surface area contributed by atoms with Crippen molar-refractivity contribution in [1.29, 1.82) is 0 Å². The summed E-state index contributed by atoms with van der Waals surface area (Å²) in [5.74, 6) is 0. The van der Waals surface area contributed by atoms with E-state index in [4.69, 9.17) is 8.39 Å². The van der Waals surface area contributed by atoms with Crippen molar-refractivity contribution >= 4 is 30.1 Å². The Kier molecular flexibility index (Phi) is 5.85. The molecule has 0 saturated carbocycles. The zero-order chi connectivity index (χ0) is 21.9. The summed E-state index contributed by atoms with van der Waals surface area (Å²) < 4.78 is 15.7. The van der Waals surface area contributed by atoms with Gasteiger partial charge < -0.3 is 8.39 Å². The average Bonchev–Trinajstić information content (AvgIpc) is 3.02. The second kappa shape index (κ2) is 9.08. The van der Waals surface area contributed by atoms with E-state index in [1.54, 1.807) is 0 Å². The maximum atomic E-state index is 6.66. The van der Waals surface area contributed by atoms with Crippen LogP contribution in [-0.4, -0.2) is 0 Å². The molecule has 0 saturated heterocycles. The van der Waals surface area contributed by atoms with Crippen LogP contribution in [0.15, 0.2) is 118 Å². The van der Waals surface area contributed by atoms with Gasteiger partial charge in [0.2, 0.25) is 0 Å². The van der Waals surface area contributed by atoms with E-state index in [1.807, 2.05) is 36.4 Å². The Hall–Kier alpha value is -3.26. The van der Waals surface area contributed by atoms with E-state index in [0.717, 1.165) is 21.9 Å². The largest absolute Gasteiger partial charge is 0.408 e. The van der Waals surface area contributed by atoms with E-state index in [9.17, 15) is 0 Å². The first-order chi connectivity index (χ1) is 15.7. The van der Waals surface area contributed by atoms with E-state index in [-0.39, 0.29) is 12.1 Å². The van der Waals surface area contributed by atoms with Crippen LogP contribution in [-0.2, 0) is 0 Å². The lowest BCUT2D eigenvalue weighted by Gasteiger charge is -2.31. The fraction of sp³-hybridized carbons (Fsp3) is 0.143. The molecule has 4 aromatic carbocycles. The number of nitrogens with zero attached hydrogens (tertiary/aromatic N) is 1. The molecule has 3 nitrogen and oxygen atoms in total. The number of benzene rings is 4. The van der Waals surface area contributed by atoms with E-state index >= 15 is 0 Å². The summed E-state index contributed by atoms with van der Waals surface area (Å²) >= 11 is 0. The van der Waals surface area contributed by atoms with Crippen LogP contribution in [0.2, 0.25) is 0 Å². The van der Waals surface area contributed by atoms with Crippen molar-refractivity contribution in [2.45, 2.75) is 25.9 Å². The molecule has 0 fully saturated rings. The molecule has 5 rings (SSSR count). The Morgan fingerprint density at radius 2 is 0.906 bits per heavy atom. The lowest BCUT2D eigenvalue weighted by atomic mass is 10.0. The minimum atomic E-state index is -1.43. The van der Waals surface area contributed by atoms with Crippen molar-refractivity contribution in [3.05, 3.63) is 120 Å². The van der Waals surface area contributed by atoms with Crippen LogP contribution in [0.1, 0.15) is 37.1 Å². The molecular weight excluding hydrogens is 413 g/mol. The number of hydrogen-bond acceptors (Lipinski definition) is 3. The number of hydrogen-bond donors (Lipinski definition) is 0. The molecule has 4 heteroatoms. The Bertz CT molecular complexity index is 1260. The monoisotopic (exact) mass is 439 g/mol. The summed E-state index contributed by atoms with van der Waals surface area (Å²) in [7, 11) is -1.43.